The first-order valence-electron chi connectivity index (χ1n) is 6.89. The Morgan fingerprint density at radius 3 is 2.43 bits per heavy atom. The summed E-state index contributed by atoms with van der Waals surface area (Å²) in [6.07, 6.45) is 7.41. The molecule has 0 amide bonds. The van der Waals surface area contributed by atoms with Gasteiger partial charge in [-0.15, -0.1) is 0 Å². The highest BCUT2D eigenvalue weighted by Gasteiger charge is 2.17. The maximum atomic E-state index is 12.2. The molecule has 1 aliphatic rings. The van der Waals surface area contributed by atoms with Crippen LogP contribution in [0.3, 0.4) is 0 Å². The summed E-state index contributed by atoms with van der Waals surface area (Å²) in [7, 11) is 3.09. The molecular formula is C16H19BrO4. The topological polar surface area (TPSA) is 44.8 Å². The Morgan fingerprint density at radius 1 is 1.24 bits per heavy atom. The van der Waals surface area contributed by atoms with Crippen LogP contribution in [-0.2, 0) is 4.74 Å². The van der Waals surface area contributed by atoms with Crippen LogP contribution in [0.1, 0.15) is 29.6 Å². The predicted octanol–water partition coefficient (Wildman–Crippen LogP) is 3.98. The van der Waals surface area contributed by atoms with Crippen molar-refractivity contribution >= 4 is 21.9 Å². The number of benzene rings is 1. The van der Waals surface area contributed by atoms with Crippen LogP contribution in [0.15, 0.2) is 28.8 Å². The number of ether oxygens (including phenoxy) is 3. The van der Waals surface area contributed by atoms with Crippen LogP contribution >= 0.6 is 15.9 Å². The number of esters is 1. The van der Waals surface area contributed by atoms with Gasteiger partial charge in [0.1, 0.15) is 16.0 Å². The number of carbonyl (C=O) groups is 1. The lowest BCUT2D eigenvalue weighted by Crippen LogP contribution is -2.15. The maximum absolute atomic E-state index is 12.2. The normalized spacial score (nSPS) is 17.4. The van der Waals surface area contributed by atoms with E-state index in [1.165, 1.54) is 0 Å². The van der Waals surface area contributed by atoms with E-state index < -0.39 is 0 Å². The van der Waals surface area contributed by atoms with Gasteiger partial charge in [-0.05, 0) is 53.2 Å². The molecule has 114 valence electrons. The summed E-state index contributed by atoms with van der Waals surface area (Å²) >= 11 is 3.38. The van der Waals surface area contributed by atoms with Gasteiger partial charge in [0, 0.05) is 0 Å². The van der Waals surface area contributed by atoms with Gasteiger partial charge >= 0.3 is 5.97 Å². The van der Waals surface area contributed by atoms with Crippen molar-refractivity contribution in [2.45, 2.75) is 19.3 Å². The summed E-state index contributed by atoms with van der Waals surface area (Å²) in [5, 5.41) is 0. The minimum atomic E-state index is -0.353. The number of halogens is 1. The van der Waals surface area contributed by atoms with Crippen LogP contribution in [0, 0.1) is 5.92 Å². The highest BCUT2D eigenvalue weighted by atomic mass is 79.9. The van der Waals surface area contributed by atoms with Crippen molar-refractivity contribution < 1.29 is 19.0 Å². The van der Waals surface area contributed by atoms with Crippen molar-refractivity contribution in [1.29, 1.82) is 0 Å². The zero-order valence-electron chi connectivity index (χ0n) is 12.2. The number of methoxy groups -OCH3 is 2. The first-order valence-corrected chi connectivity index (χ1v) is 7.68. The van der Waals surface area contributed by atoms with Crippen molar-refractivity contribution in [2.24, 2.45) is 5.92 Å². The highest BCUT2D eigenvalue weighted by molar-refractivity contribution is 9.10. The van der Waals surface area contributed by atoms with Gasteiger partial charge < -0.3 is 14.2 Å². The first kappa shape index (κ1) is 15.9. The molecular weight excluding hydrogens is 336 g/mol. The van der Waals surface area contributed by atoms with Gasteiger partial charge in [-0.2, -0.15) is 0 Å². The van der Waals surface area contributed by atoms with Crippen molar-refractivity contribution in [2.75, 3.05) is 20.8 Å². The Labute approximate surface area is 133 Å². The number of rotatable bonds is 5. The zero-order valence-corrected chi connectivity index (χ0v) is 13.8. The predicted molar refractivity (Wildman–Crippen MR) is 84.0 cm³/mol. The van der Waals surface area contributed by atoms with Gasteiger partial charge in [0.05, 0.1) is 26.4 Å². The van der Waals surface area contributed by atoms with E-state index in [0.717, 1.165) is 19.3 Å². The van der Waals surface area contributed by atoms with Crippen molar-refractivity contribution in [3.05, 3.63) is 34.3 Å². The second kappa shape index (κ2) is 7.50. The van der Waals surface area contributed by atoms with Crippen LogP contribution in [0.4, 0.5) is 0 Å². The largest absolute Gasteiger partial charge is 0.495 e. The molecule has 1 aromatic carbocycles. The Kier molecular flexibility index (Phi) is 5.67. The summed E-state index contributed by atoms with van der Waals surface area (Å²) in [5.74, 6) is 1.15. The van der Waals surface area contributed by atoms with Gasteiger partial charge in [0.25, 0.3) is 0 Å². The zero-order chi connectivity index (χ0) is 15.2. The lowest BCUT2D eigenvalue weighted by Gasteiger charge is -2.18. The third-order valence-electron chi connectivity index (χ3n) is 3.51. The molecule has 0 aliphatic heterocycles. The average Bonchev–Trinajstić information content (AvgIpc) is 2.53. The highest BCUT2D eigenvalue weighted by Crippen LogP contribution is 2.35. The van der Waals surface area contributed by atoms with E-state index in [-0.39, 0.29) is 5.97 Å². The Hall–Kier alpha value is -1.49. The van der Waals surface area contributed by atoms with E-state index in [1.54, 1.807) is 26.4 Å². The van der Waals surface area contributed by atoms with Crippen molar-refractivity contribution in [3.8, 4) is 11.5 Å². The molecule has 0 heterocycles. The summed E-state index contributed by atoms with van der Waals surface area (Å²) in [6, 6.07) is 3.30. The van der Waals surface area contributed by atoms with E-state index in [0.29, 0.717) is 34.1 Å². The molecule has 0 spiro atoms. The third kappa shape index (κ3) is 4.00. The molecule has 4 nitrogen and oxygen atoms in total. The molecule has 0 saturated carbocycles. The SMILES string of the molecule is COc1cc(C(=O)OCC2CC=CCC2)cc(OC)c1Br. The molecule has 0 aromatic heterocycles. The fourth-order valence-electron chi connectivity index (χ4n) is 2.27. The molecule has 0 N–H and O–H groups in total. The second-order valence-electron chi connectivity index (χ2n) is 4.94. The number of carbonyl (C=O) groups excluding carboxylic acids is 1. The fourth-order valence-corrected chi connectivity index (χ4v) is 2.82. The van der Waals surface area contributed by atoms with Crippen LogP contribution in [-0.4, -0.2) is 26.8 Å². The molecule has 1 aromatic rings. The van der Waals surface area contributed by atoms with Gasteiger partial charge in [0.15, 0.2) is 0 Å². The summed E-state index contributed by atoms with van der Waals surface area (Å²) in [4.78, 5) is 12.2. The van der Waals surface area contributed by atoms with Gasteiger partial charge in [-0.3, -0.25) is 0 Å². The Bertz CT molecular complexity index is 514. The summed E-state index contributed by atoms with van der Waals surface area (Å²) in [5.41, 5.74) is 0.429. The van der Waals surface area contributed by atoms with E-state index >= 15 is 0 Å². The second-order valence-corrected chi connectivity index (χ2v) is 5.74. The summed E-state index contributed by atoms with van der Waals surface area (Å²) in [6.45, 7) is 0.448. The van der Waals surface area contributed by atoms with Crippen molar-refractivity contribution in [1.82, 2.24) is 0 Å². The van der Waals surface area contributed by atoms with Gasteiger partial charge in [-0.25, -0.2) is 4.79 Å². The molecule has 1 atom stereocenters. The smallest absolute Gasteiger partial charge is 0.338 e. The maximum Gasteiger partial charge on any atom is 0.338 e. The Morgan fingerprint density at radius 2 is 1.90 bits per heavy atom. The molecule has 2 rings (SSSR count). The first-order chi connectivity index (χ1) is 10.2. The number of hydrogen-bond acceptors (Lipinski definition) is 4. The molecule has 0 fully saturated rings. The third-order valence-corrected chi connectivity index (χ3v) is 4.29. The molecule has 0 bridgehead atoms. The number of hydrogen-bond donors (Lipinski definition) is 0. The van der Waals surface area contributed by atoms with E-state index in [9.17, 15) is 4.79 Å². The average molecular weight is 355 g/mol. The standard InChI is InChI=1S/C16H19BrO4/c1-19-13-8-12(9-14(20-2)15(13)17)16(18)21-10-11-6-4-3-5-7-11/h3-4,8-9,11H,5-7,10H2,1-2H3. The van der Waals surface area contributed by atoms with Crippen LogP contribution < -0.4 is 9.47 Å². The minimum Gasteiger partial charge on any atom is -0.495 e. The quantitative estimate of drug-likeness (QED) is 0.592. The molecule has 5 heteroatoms. The molecule has 0 saturated heterocycles. The molecule has 1 aliphatic carbocycles. The van der Waals surface area contributed by atoms with Crippen LogP contribution in [0.2, 0.25) is 0 Å². The summed E-state index contributed by atoms with van der Waals surface area (Å²) < 4.78 is 16.5. The van der Waals surface area contributed by atoms with Gasteiger partial charge in [-0.1, -0.05) is 12.2 Å². The lowest BCUT2D eigenvalue weighted by molar-refractivity contribution is 0.0431. The molecule has 21 heavy (non-hydrogen) atoms. The van der Waals surface area contributed by atoms with E-state index in [1.807, 2.05) is 0 Å². The van der Waals surface area contributed by atoms with Gasteiger partial charge in [0.2, 0.25) is 0 Å². The fraction of sp³-hybridized carbons (Fsp3) is 0.438. The molecule has 1 unspecified atom stereocenters. The van der Waals surface area contributed by atoms with Crippen molar-refractivity contribution in [3.63, 3.8) is 0 Å². The van der Waals surface area contributed by atoms with E-state index in [4.69, 9.17) is 14.2 Å². The van der Waals surface area contributed by atoms with Crippen LogP contribution in [0.25, 0.3) is 0 Å². The Balaban J connectivity index is 2.06. The molecule has 0 radical (unpaired) electrons. The van der Waals surface area contributed by atoms with E-state index in [2.05, 4.69) is 28.1 Å². The minimum absolute atomic E-state index is 0.353. The van der Waals surface area contributed by atoms with Crippen LogP contribution in [0.5, 0.6) is 11.5 Å². The monoisotopic (exact) mass is 354 g/mol. The number of allylic oxidation sites excluding steroid dienone is 2. The lowest BCUT2D eigenvalue weighted by atomic mass is 9.95.